The smallest absolute Gasteiger partial charge is 0.164 e. The van der Waals surface area contributed by atoms with Gasteiger partial charge in [0, 0.05) is 25.4 Å². The Morgan fingerprint density at radius 3 is 2.88 bits per heavy atom. The number of aryl methyl sites for hydroxylation is 1. The van der Waals surface area contributed by atoms with E-state index in [1.807, 2.05) is 54.5 Å². The average Bonchev–Trinajstić information content (AvgIpc) is 3.43. The molecule has 1 saturated carbocycles. The number of nitrogens with zero attached hydrogens (tertiary/aromatic N) is 6. The molecular formula is C23H28N8O2. The molecule has 3 N–H and O–H groups in total. The zero-order valence-electron chi connectivity index (χ0n) is 18.8. The summed E-state index contributed by atoms with van der Waals surface area (Å²) in [5, 5.41) is 26.2. The van der Waals surface area contributed by atoms with Crippen molar-refractivity contribution in [1.82, 2.24) is 34.8 Å². The Balaban J connectivity index is 1.46. The van der Waals surface area contributed by atoms with Crippen LogP contribution in [-0.4, -0.2) is 60.9 Å². The summed E-state index contributed by atoms with van der Waals surface area (Å²) in [6.45, 7) is 1.22. The van der Waals surface area contributed by atoms with Gasteiger partial charge in [-0.2, -0.15) is 10.2 Å². The fraction of sp³-hybridized carbons (Fsp3) is 0.391. The van der Waals surface area contributed by atoms with Gasteiger partial charge in [0.25, 0.3) is 0 Å². The van der Waals surface area contributed by atoms with Gasteiger partial charge >= 0.3 is 0 Å². The van der Waals surface area contributed by atoms with E-state index in [1.165, 1.54) is 0 Å². The summed E-state index contributed by atoms with van der Waals surface area (Å²) in [5.74, 6) is 1.98. The zero-order valence-corrected chi connectivity index (χ0v) is 18.8. The first-order valence-electron chi connectivity index (χ1n) is 11.1. The maximum absolute atomic E-state index is 9.93. The molecular weight excluding hydrogens is 420 g/mol. The number of benzene rings is 1. The molecule has 0 bridgehead atoms. The zero-order chi connectivity index (χ0) is 22.8. The number of rotatable bonds is 10. The lowest BCUT2D eigenvalue weighted by atomic mass is 10.2. The third-order valence-electron chi connectivity index (χ3n) is 5.53. The Hall–Kier alpha value is -3.50. The molecule has 0 saturated heterocycles. The van der Waals surface area contributed by atoms with Crippen LogP contribution < -0.4 is 15.4 Å². The topological polar surface area (TPSA) is 115 Å². The Morgan fingerprint density at radius 2 is 2.12 bits per heavy atom. The molecule has 3 heterocycles. The number of ether oxygens (including phenoxy) is 1. The molecule has 1 aliphatic rings. The SMILES string of the molecule is CNCC(O)COc1cccc(-c2nc(NCc3ccn(C)n3)c3cnn(C4CC4)c3n2)c1. The highest BCUT2D eigenvalue weighted by atomic mass is 16.5. The molecule has 1 fully saturated rings. The normalized spacial score (nSPS) is 14.5. The molecule has 10 nitrogen and oxygen atoms in total. The van der Waals surface area contributed by atoms with Crippen molar-refractivity contribution >= 4 is 16.9 Å². The molecule has 1 atom stereocenters. The molecule has 5 rings (SSSR count). The number of hydrogen-bond donors (Lipinski definition) is 3. The fourth-order valence-corrected chi connectivity index (χ4v) is 3.72. The molecule has 3 aromatic heterocycles. The third-order valence-corrected chi connectivity index (χ3v) is 5.53. The van der Waals surface area contributed by atoms with E-state index < -0.39 is 6.10 Å². The number of fused-ring (bicyclic) bond motifs is 1. The molecule has 33 heavy (non-hydrogen) atoms. The van der Waals surface area contributed by atoms with Crippen molar-refractivity contribution in [3.05, 3.63) is 48.4 Å². The predicted octanol–water partition coefficient (Wildman–Crippen LogP) is 2.13. The van der Waals surface area contributed by atoms with Crippen molar-refractivity contribution in [1.29, 1.82) is 0 Å². The van der Waals surface area contributed by atoms with Crippen LogP contribution in [0, 0.1) is 0 Å². The van der Waals surface area contributed by atoms with Gasteiger partial charge < -0.3 is 20.5 Å². The quantitative estimate of drug-likeness (QED) is 0.338. The summed E-state index contributed by atoms with van der Waals surface area (Å²) in [6, 6.07) is 10.00. The Labute approximate surface area is 191 Å². The van der Waals surface area contributed by atoms with Crippen LogP contribution in [0.2, 0.25) is 0 Å². The molecule has 0 aliphatic heterocycles. The predicted molar refractivity (Wildman–Crippen MR) is 125 cm³/mol. The number of hydrogen-bond acceptors (Lipinski definition) is 8. The monoisotopic (exact) mass is 448 g/mol. The minimum atomic E-state index is -0.582. The van der Waals surface area contributed by atoms with Crippen LogP contribution in [0.15, 0.2) is 42.7 Å². The van der Waals surface area contributed by atoms with E-state index in [9.17, 15) is 5.11 Å². The van der Waals surface area contributed by atoms with Gasteiger partial charge in [0.1, 0.15) is 24.3 Å². The summed E-state index contributed by atoms with van der Waals surface area (Å²) in [4.78, 5) is 9.69. The van der Waals surface area contributed by atoms with E-state index in [-0.39, 0.29) is 6.61 Å². The van der Waals surface area contributed by atoms with E-state index in [1.54, 1.807) is 11.7 Å². The van der Waals surface area contributed by atoms with Gasteiger partial charge in [-0.25, -0.2) is 14.6 Å². The number of aliphatic hydroxyl groups is 1. The van der Waals surface area contributed by atoms with E-state index in [4.69, 9.17) is 14.7 Å². The van der Waals surface area contributed by atoms with Gasteiger partial charge in [0.2, 0.25) is 0 Å². The summed E-state index contributed by atoms with van der Waals surface area (Å²) < 4.78 is 9.56. The first kappa shape index (κ1) is 21.4. The van der Waals surface area contributed by atoms with E-state index in [0.29, 0.717) is 30.7 Å². The second-order valence-electron chi connectivity index (χ2n) is 8.34. The Bertz CT molecular complexity index is 1250. The average molecular weight is 449 g/mol. The summed E-state index contributed by atoms with van der Waals surface area (Å²) in [6.07, 6.45) is 5.40. The van der Waals surface area contributed by atoms with Crippen LogP contribution in [-0.2, 0) is 13.6 Å². The van der Waals surface area contributed by atoms with Crippen LogP contribution in [0.25, 0.3) is 22.4 Å². The van der Waals surface area contributed by atoms with Gasteiger partial charge in [0.05, 0.1) is 29.9 Å². The van der Waals surface area contributed by atoms with Crippen molar-refractivity contribution in [2.75, 3.05) is 25.5 Å². The van der Waals surface area contributed by atoms with Crippen LogP contribution in [0.3, 0.4) is 0 Å². The largest absolute Gasteiger partial charge is 0.491 e. The van der Waals surface area contributed by atoms with Gasteiger partial charge in [-0.3, -0.25) is 4.68 Å². The third kappa shape index (κ3) is 4.81. The summed E-state index contributed by atoms with van der Waals surface area (Å²) in [5.41, 5.74) is 2.58. The van der Waals surface area contributed by atoms with Crippen molar-refractivity contribution in [2.45, 2.75) is 31.5 Å². The van der Waals surface area contributed by atoms with Gasteiger partial charge in [-0.1, -0.05) is 12.1 Å². The number of nitrogens with one attached hydrogen (secondary N) is 2. The minimum Gasteiger partial charge on any atom is -0.491 e. The molecule has 1 aliphatic carbocycles. The van der Waals surface area contributed by atoms with Gasteiger partial charge in [-0.15, -0.1) is 0 Å². The maximum atomic E-state index is 9.93. The first-order chi connectivity index (χ1) is 16.1. The van der Waals surface area contributed by atoms with Crippen molar-refractivity contribution in [3.8, 4) is 17.1 Å². The van der Waals surface area contributed by atoms with Crippen LogP contribution in [0.1, 0.15) is 24.6 Å². The van der Waals surface area contributed by atoms with E-state index >= 15 is 0 Å². The van der Waals surface area contributed by atoms with E-state index in [2.05, 4.69) is 20.8 Å². The number of aromatic nitrogens is 6. The second-order valence-corrected chi connectivity index (χ2v) is 8.34. The Kier molecular flexibility index (Phi) is 5.93. The molecule has 1 unspecified atom stereocenters. The number of aliphatic hydroxyl groups excluding tert-OH is 1. The molecule has 0 spiro atoms. The first-order valence-corrected chi connectivity index (χ1v) is 11.1. The number of anilines is 1. The minimum absolute atomic E-state index is 0.204. The highest BCUT2D eigenvalue weighted by Gasteiger charge is 2.27. The van der Waals surface area contributed by atoms with Crippen molar-refractivity contribution < 1.29 is 9.84 Å². The molecule has 1 aromatic carbocycles. The van der Waals surface area contributed by atoms with E-state index in [0.717, 1.165) is 41.0 Å². The van der Waals surface area contributed by atoms with Crippen molar-refractivity contribution in [3.63, 3.8) is 0 Å². The fourth-order valence-electron chi connectivity index (χ4n) is 3.72. The molecule has 0 radical (unpaired) electrons. The highest BCUT2D eigenvalue weighted by molar-refractivity contribution is 5.88. The standard InChI is InChI=1S/C23H28N8O2/c1-24-12-18(32)14-33-19-5-3-4-15(10-19)21-27-22(25-11-16-8-9-30(2)29-16)20-13-26-31(17-6-7-17)23(20)28-21/h3-5,8-10,13,17-18,24,32H,6-7,11-12,14H2,1-2H3,(H,25,27,28). The van der Waals surface area contributed by atoms with Crippen LogP contribution >= 0.6 is 0 Å². The van der Waals surface area contributed by atoms with Gasteiger partial charge in [-0.05, 0) is 38.1 Å². The Morgan fingerprint density at radius 1 is 1.24 bits per heavy atom. The summed E-state index contributed by atoms with van der Waals surface area (Å²) in [7, 11) is 3.69. The lowest BCUT2D eigenvalue weighted by molar-refractivity contribution is 0.108. The lowest BCUT2D eigenvalue weighted by Crippen LogP contribution is -2.29. The van der Waals surface area contributed by atoms with Crippen LogP contribution in [0.5, 0.6) is 5.75 Å². The molecule has 10 heteroatoms. The summed E-state index contributed by atoms with van der Waals surface area (Å²) >= 11 is 0. The molecule has 172 valence electrons. The van der Waals surface area contributed by atoms with Crippen LogP contribution in [0.4, 0.5) is 5.82 Å². The maximum Gasteiger partial charge on any atom is 0.164 e. The van der Waals surface area contributed by atoms with Crippen molar-refractivity contribution in [2.24, 2.45) is 7.05 Å². The molecule has 0 amide bonds. The number of likely N-dealkylation sites (N-methyl/N-ethyl adjacent to an activating group) is 1. The molecule has 4 aromatic rings. The lowest BCUT2D eigenvalue weighted by Gasteiger charge is -2.13. The highest BCUT2D eigenvalue weighted by Crippen LogP contribution is 2.37. The van der Waals surface area contributed by atoms with Gasteiger partial charge in [0.15, 0.2) is 11.5 Å². The second kappa shape index (κ2) is 9.16.